The van der Waals surface area contributed by atoms with E-state index in [0.717, 1.165) is 11.8 Å². The maximum atomic E-state index is 2.40. The molecule has 1 saturated carbocycles. The largest absolute Gasteiger partial charge is 0.0745 e. The summed E-state index contributed by atoms with van der Waals surface area (Å²) in [6.07, 6.45) is 6.54. The third kappa shape index (κ3) is 2.04. The first-order valence-corrected chi connectivity index (χ1v) is 6.16. The van der Waals surface area contributed by atoms with Crippen LogP contribution >= 0.6 is 22.6 Å². The van der Waals surface area contributed by atoms with Crippen molar-refractivity contribution < 1.29 is 0 Å². The van der Waals surface area contributed by atoms with Gasteiger partial charge in [0.1, 0.15) is 0 Å². The van der Waals surface area contributed by atoms with Gasteiger partial charge in [-0.05, 0) is 27.8 Å². The number of halogens is 1. The van der Waals surface area contributed by atoms with Gasteiger partial charge in [0, 0.05) is 0 Å². The van der Waals surface area contributed by atoms with Crippen LogP contribution in [0.5, 0.6) is 0 Å². The average Bonchev–Trinajstić information content (AvgIpc) is 2.51. The number of hydrogen-bond donors (Lipinski definition) is 0. The average molecular weight is 278 g/mol. The molecule has 1 fully saturated rings. The van der Waals surface area contributed by atoms with Crippen LogP contribution in [0, 0.1) is 17.3 Å². The summed E-state index contributed by atoms with van der Waals surface area (Å²) in [6, 6.07) is 0. The van der Waals surface area contributed by atoms with Crippen LogP contribution in [0.1, 0.15) is 40.0 Å². The highest BCUT2D eigenvalue weighted by atomic mass is 127. The first-order chi connectivity index (χ1) is 5.64. The number of allylic oxidation sites excluding steroid dienone is 1. The van der Waals surface area contributed by atoms with Crippen LogP contribution in [0.25, 0.3) is 0 Å². The Morgan fingerprint density at radius 1 is 1.42 bits per heavy atom. The predicted molar refractivity (Wildman–Crippen MR) is 63.4 cm³/mol. The second-order valence-electron chi connectivity index (χ2n) is 4.41. The summed E-state index contributed by atoms with van der Waals surface area (Å²) in [4.78, 5) is 0. The summed E-state index contributed by atoms with van der Waals surface area (Å²) >= 11 is 2.33. The lowest BCUT2D eigenvalue weighted by Gasteiger charge is -1.99. The molecule has 1 aliphatic carbocycles. The minimum atomic E-state index is 0.594. The van der Waals surface area contributed by atoms with Crippen molar-refractivity contribution in [1.82, 2.24) is 0 Å². The van der Waals surface area contributed by atoms with Crippen LogP contribution in [0.4, 0.5) is 0 Å². The van der Waals surface area contributed by atoms with Crippen LogP contribution in [0.2, 0.25) is 0 Å². The van der Waals surface area contributed by atoms with E-state index in [1.165, 1.54) is 19.3 Å². The highest BCUT2D eigenvalue weighted by molar-refractivity contribution is 14.1. The molecule has 0 N–H and O–H groups in total. The van der Waals surface area contributed by atoms with Gasteiger partial charge in [0.05, 0.1) is 0 Å². The highest BCUT2D eigenvalue weighted by Gasteiger charge is 2.54. The van der Waals surface area contributed by atoms with E-state index < -0.39 is 0 Å². The topological polar surface area (TPSA) is 0 Å². The van der Waals surface area contributed by atoms with Crippen LogP contribution in [-0.2, 0) is 0 Å². The molecule has 0 aromatic heterocycles. The summed E-state index contributed by atoms with van der Waals surface area (Å²) in [7, 11) is 0. The summed E-state index contributed by atoms with van der Waals surface area (Å²) in [5, 5.41) is 0. The zero-order valence-electron chi connectivity index (χ0n) is 8.31. The minimum absolute atomic E-state index is 0.594. The smallest absolute Gasteiger partial charge is 0.0138 e. The molecule has 2 atom stereocenters. The number of hydrogen-bond acceptors (Lipinski definition) is 0. The molecule has 1 aliphatic rings. The molecule has 0 aliphatic heterocycles. The molecule has 0 aromatic carbocycles. The molecular weight excluding hydrogens is 259 g/mol. The van der Waals surface area contributed by atoms with Crippen molar-refractivity contribution in [3.05, 3.63) is 10.2 Å². The van der Waals surface area contributed by atoms with Gasteiger partial charge < -0.3 is 0 Å². The number of rotatable bonds is 4. The van der Waals surface area contributed by atoms with Gasteiger partial charge in [0.25, 0.3) is 0 Å². The maximum absolute atomic E-state index is 2.40. The molecule has 0 radical (unpaired) electrons. The second kappa shape index (κ2) is 4.12. The monoisotopic (exact) mass is 278 g/mol. The molecule has 0 saturated heterocycles. The van der Waals surface area contributed by atoms with Gasteiger partial charge >= 0.3 is 0 Å². The molecule has 0 bridgehead atoms. The lowest BCUT2D eigenvalue weighted by molar-refractivity contribution is 0.513. The quantitative estimate of drug-likeness (QED) is 0.669. The van der Waals surface area contributed by atoms with Gasteiger partial charge in [-0.3, -0.25) is 0 Å². The third-order valence-electron chi connectivity index (χ3n) is 3.29. The Bertz CT molecular complexity index is 170. The molecule has 0 amide bonds. The molecule has 0 aromatic rings. The normalized spacial score (nSPS) is 32.7. The van der Waals surface area contributed by atoms with Crippen LogP contribution in [0.3, 0.4) is 0 Å². The number of unbranched alkanes of at least 4 members (excludes halogenated alkanes) is 1. The summed E-state index contributed by atoms with van der Waals surface area (Å²) in [5.74, 6) is 1.82. The molecule has 1 rings (SSSR count). The van der Waals surface area contributed by atoms with Crippen molar-refractivity contribution in [2.45, 2.75) is 40.0 Å². The Labute approximate surface area is 90.0 Å². The van der Waals surface area contributed by atoms with Crippen molar-refractivity contribution in [3.63, 3.8) is 0 Å². The zero-order valence-corrected chi connectivity index (χ0v) is 10.5. The Morgan fingerprint density at radius 2 is 2.08 bits per heavy atom. The summed E-state index contributed by atoms with van der Waals surface area (Å²) in [6.45, 7) is 7.07. The van der Waals surface area contributed by atoms with Gasteiger partial charge in [0.15, 0.2) is 0 Å². The SMILES string of the molecule is CCCCC1C(/C=C/I)C1(C)C. The molecule has 70 valence electrons. The van der Waals surface area contributed by atoms with E-state index >= 15 is 0 Å². The van der Waals surface area contributed by atoms with E-state index in [-0.39, 0.29) is 0 Å². The van der Waals surface area contributed by atoms with Crippen LogP contribution in [-0.4, -0.2) is 0 Å². The zero-order chi connectivity index (χ0) is 9.19. The van der Waals surface area contributed by atoms with Gasteiger partial charge in [-0.1, -0.05) is 62.3 Å². The van der Waals surface area contributed by atoms with Crippen molar-refractivity contribution >= 4 is 22.6 Å². The van der Waals surface area contributed by atoms with Crippen molar-refractivity contribution in [3.8, 4) is 0 Å². The predicted octanol–water partition coefficient (Wildman–Crippen LogP) is 4.40. The van der Waals surface area contributed by atoms with Gasteiger partial charge in [-0.15, -0.1) is 0 Å². The second-order valence-corrected chi connectivity index (χ2v) is 5.13. The van der Waals surface area contributed by atoms with Crippen LogP contribution in [0.15, 0.2) is 10.2 Å². The van der Waals surface area contributed by atoms with Gasteiger partial charge in [-0.2, -0.15) is 0 Å². The first-order valence-electron chi connectivity index (χ1n) is 4.91. The fourth-order valence-electron chi connectivity index (χ4n) is 2.22. The molecule has 12 heavy (non-hydrogen) atoms. The summed E-state index contributed by atoms with van der Waals surface area (Å²) < 4.78 is 2.18. The summed E-state index contributed by atoms with van der Waals surface area (Å²) in [5.41, 5.74) is 0.594. The standard InChI is InChI=1S/C11H19I/c1-4-5-6-9-10(7-8-12)11(9,2)3/h7-10H,4-6H2,1-3H3/b8-7+. The Hall–Kier alpha value is 0.470. The van der Waals surface area contributed by atoms with E-state index in [0.29, 0.717) is 5.41 Å². The van der Waals surface area contributed by atoms with Gasteiger partial charge in [-0.25, -0.2) is 0 Å². The van der Waals surface area contributed by atoms with E-state index in [4.69, 9.17) is 0 Å². The fraction of sp³-hybridized carbons (Fsp3) is 0.818. The van der Waals surface area contributed by atoms with Crippen LogP contribution < -0.4 is 0 Å². The Kier molecular flexibility index (Phi) is 3.62. The molecule has 0 heterocycles. The molecule has 0 nitrogen and oxygen atoms in total. The van der Waals surface area contributed by atoms with Crippen molar-refractivity contribution in [1.29, 1.82) is 0 Å². The Balaban J connectivity index is 2.37. The van der Waals surface area contributed by atoms with Crippen molar-refractivity contribution in [2.75, 3.05) is 0 Å². The van der Waals surface area contributed by atoms with E-state index in [9.17, 15) is 0 Å². The van der Waals surface area contributed by atoms with Crippen molar-refractivity contribution in [2.24, 2.45) is 17.3 Å². The van der Waals surface area contributed by atoms with Gasteiger partial charge in [0.2, 0.25) is 0 Å². The lowest BCUT2D eigenvalue weighted by Crippen LogP contribution is -1.89. The van der Waals surface area contributed by atoms with E-state index in [2.05, 4.69) is 53.5 Å². The maximum Gasteiger partial charge on any atom is -0.0138 e. The Morgan fingerprint density at radius 3 is 2.58 bits per heavy atom. The molecule has 2 unspecified atom stereocenters. The minimum Gasteiger partial charge on any atom is -0.0745 e. The molecule has 1 heteroatoms. The molecular formula is C11H19I. The van der Waals surface area contributed by atoms with E-state index in [1.54, 1.807) is 0 Å². The molecule has 0 spiro atoms. The lowest BCUT2D eigenvalue weighted by atomic mass is 10.1. The first kappa shape index (κ1) is 10.6. The fourth-order valence-corrected chi connectivity index (χ4v) is 2.67. The highest BCUT2D eigenvalue weighted by Crippen LogP contribution is 2.61. The third-order valence-corrected chi connectivity index (χ3v) is 3.70. The van der Waals surface area contributed by atoms with E-state index in [1.807, 2.05) is 0 Å².